The summed E-state index contributed by atoms with van der Waals surface area (Å²) in [6.45, 7) is 12.8. The fourth-order valence-corrected chi connectivity index (χ4v) is 2.53. The van der Waals surface area contributed by atoms with E-state index in [0.29, 0.717) is 0 Å². The maximum absolute atomic E-state index is 9.31. The molecule has 0 amide bonds. The predicted octanol–water partition coefficient (Wildman–Crippen LogP) is 2.25. The number of hydrogen-bond donors (Lipinski definition) is 1. The summed E-state index contributed by atoms with van der Waals surface area (Å²) in [6, 6.07) is 2.43. The quantitative estimate of drug-likeness (QED) is 0.770. The molecule has 2 atom stereocenters. The molecular weight excluding hydrogens is 210 g/mol. The first-order chi connectivity index (χ1) is 8.00. The van der Waals surface area contributed by atoms with E-state index in [9.17, 15) is 5.26 Å². The van der Waals surface area contributed by atoms with E-state index in [-0.39, 0.29) is 5.54 Å². The minimum atomic E-state index is -0.387. The van der Waals surface area contributed by atoms with Gasteiger partial charge in [-0.15, -0.1) is 0 Å². The van der Waals surface area contributed by atoms with Gasteiger partial charge in [-0.25, -0.2) is 0 Å². The monoisotopic (exact) mass is 237 g/mol. The van der Waals surface area contributed by atoms with Crippen LogP contribution < -0.4 is 5.32 Å². The fourth-order valence-electron chi connectivity index (χ4n) is 2.53. The minimum Gasteiger partial charge on any atom is -0.300 e. The highest BCUT2D eigenvalue weighted by atomic mass is 15.2. The van der Waals surface area contributed by atoms with Crippen molar-refractivity contribution in [1.82, 2.24) is 10.2 Å². The first-order valence-corrected chi connectivity index (χ1v) is 6.89. The third-order valence-corrected chi connectivity index (χ3v) is 3.80. The van der Waals surface area contributed by atoms with Gasteiger partial charge in [-0.2, -0.15) is 5.26 Å². The Morgan fingerprint density at radius 2 is 2.24 bits per heavy atom. The average molecular weight is 237 g/mol. The van der Waals surface area contributed by atoms with Crippen molar-refractivity contribution in [1.29, 1.82) is 5.26 Å². The molecule has 1 fully saturated rings. The van der Waals surface area contributed by atoms with Crippen molar-refractivity contribution in [3.05, 3.63) is 0 Å². The van der Waals surface area contributed by atoms with Gasteiger partial charge in [0.25, 0.3) is 0 Å². The van der Waals surface area contributed by atoms with Crippen LogP contribution in [0.15, 0.2) is 0 Å². The number of nitrogens with one attached hydrogen (secondary N) is 1. The van der Waals surface area contributed by atoms with Crippen LogP contribution >= 0.6 is 0 Å². The van der Waals surface area contributed by atoms with Crippen LogP contribution in [0.5, 0.6) is 0 Å². The third-order valence-electron chi connectivity index (χ3n) is 3.80. The zero-order valence-corrected chi connectivity index (χ0v) is 11.8. The molecule has 0 saturated carbocycles. The van der Waals surface area contributed by atoms with Crippen molar-refractivity contribution < 1.29 is 0 Å². The van der Waals surface area contributed by atoms with Crippen molar-refractivity contribution in [2.75, 3.05) is 26.2 Å². The molecule has 0 aromatic heterocycles. The van der Waals surface area contributed by atoms with Crippen LogP contribution in [-0.2, 0) is 0 Å². The molecule has 0 bridgehead atoms. The van der Waals surface area contributed by atoms with Crippen LogP contribution in [0.3, 0.4) is 0 Å². The van der Waals surface area contributed by atoms with E-state index in [1.54, 1.807) is 0 Å². The molecule has 17 heavy (non-hydrogen) atoms. The van der Waals surface area contributed by atoms with E-state index in [4.69, 9.17) is 0 Å². The maximum Gasteiger partial charge on any atom is 0.116 e. The van der Waals surface area contributed by atoms with Gasteiger partial charge >= 0.3 is 0 Å². The topological polar surface area (TPSA) is 39.1 Å². The van der Waals surface area contributed by atoms with Gasteiger partial charge in [-0.1, -0.05) is 20.8 Å². The SMILES string of the molecule is CCCNC(C)(C#N)CN1CCC(C(C)C)C1. The van der Waals surface area contributed by atoms with E-state index < -0.39 is 0 Å². The highest BCUT2D eigenvalue weighted by Crippen LogP contribution is 2.24. The molecule has 1 saturated heterocycles. The molecule has 1 heterocycles. The molecule has 1 rings (SSSR count). The smallest absolute Gasteiger partial charge is 0.116 e. The molecule has 98 valence electrons. The van der Waals surface area contributed by atoms with Gasteiger partial charge in [0.15, 0.2) is 0 Å². The van der Waals surface area contributed by atoms with Crippen LogP contribution in [0, 0.1) is 23.2 Å². The van der Waals surface area contributed by atoms with Crippen molar-refractivity contribution >= 4 is 0 Å². The van der Waals surface area contributed by atoms with Crippen molar-refractivity contribution in [3.8, 4) is 6.07 Å². The standard InChI is InChI=1S/C14H27N3/c1-5-7-16-14(4,10-15)11-17-8-6-13(9-17)12(2)3/h12-13,16H,5-9,11H2,1-4H3. The predicted molar refractivity (Wildman–Crippen MR) is 71.7 cm³/mol. The summed E-state index contributed by atoms with van der Waals surface area (Å²) in [6.07, 6.45) is 2.36. The molecule has 2 unspecified atom stereocenters. The molecule has 0 aromatic carbocycles. The van der Waals surface area contributed by atoms with Gasteiger partial charge in [-0.3, -0.25) is 5.32 Å². The second-order valence-electron chi connectivity index (χ2n) is 5.90. The van der Waals surface area contributed by atoms with Crippen LogP contribution in [0.25, 0.3) is 0 Å². The van der Waals surface area contributed by atoms with Gasteiger partial charge in [0.2, 0.25) is 0 Å². The van der Waals surface area contributed by atoms with E-state index in [0.717, 1.165) is 44.4 Å². The number of hydrogen-bond acceptors (Lipinski definition) is 3. The molecule has 3 nitrogen and oxygen atoms in total. The Hall–Kier alpha value is -0.590. The third kappa shape index (κ3) is 4.29. The van der Waals surface area contributed by atoms with Crippen LogP contribution in [-0.4, -0.2) is 36.6 Å². The minimum absolute atomic E-state index is 0.387. The highest BCUT2D eigenvalue weighted by molar-refractivity contribution is 5.06. The van der Waals surface area contributed by atoms with E-state index >= 15 is 0 Å². The Morgan fingerprint density at radius 3 is 2.71 bits per heavy atom. The maximum atomic E-state index is 9.31. The fraction of sp³-hybridized carbons (Fsp3) is 0.929. The second-order valence-corrected chi connectivity index (χ2v) is 5.90. The highest BCUT2D eigenvalue weighted by Gasteiger charge is 2.31. The van der Waals surface area contributed by atoms with Gasteiger partial charge in [0.05, 0.1) is 6.07 Å². The van der Waals surface area contributed by atoms with Crippen LogP contribution in [0.2, 0.25) is 0 Å². The summed E-state index contributed by atoms with van der Waals surface area (Å²) >= 11 is 0. The second kappa shape index (κ2) is 6.37. The Balaban J connectivity index is 2.45. The van der Waals surface area contributed by atoms with E-state index in [2.05, 4.69) is 37.1 Å². The Labute approximate surface area is 106 Å². The lowest BCUT2D eigenvalue weighted by Gasteiger charge is -2.29. The van der Waals surface area contributed by atoms with Gasteiger partial charge in [0, 0.05) is 13.1 Å². The Bertz CT molecular complexity index is 269. The van der Waals surface area contributed by atoms with Gasteiger partial charge < -0.3 is 4.90 Å². The van der Waals surface area contributed by atoms with Crippen LogP contribution in [0.4, 0.5) is 0 Å². The van der Waals surface area contributed by atoms with Crippen LogP contribution in [0.1, 0.15) is 40.5 Å². The average Bonchev–Trinajstić information content (AvgIpc) is 2.75. The lowest BCUT2D eigenvalue weighted by molar-refractivity contribution is 0.245. The Morgan fingerprint density at radius 1 is 1.53 bits per heavy atom. The molecule has 0 aliphatic carbocycles. The molecule has 1 aliphatic rings. The Kier molecular flexibility index (Phi) is 5.42. The summed E-state index contributed by atoms with van der Waals surface area (Å²) in [5.74, 6) is 1.57. The molecule has 1 aliphatic heterocycles. The molecule has 3 heteroatoms. The first kappa shape index (κ1) is 14.5. The summed E-state index contributed by atoms with van der Waals surface area (Å²) in [5.41, 5.74) is -0.387. The lowest BCUT2D eigenvalue weighted by atomic mass is 9.95. The number of nitrogens with zero attached hydrogens (tertiary/aromatic N) is 2. The largest absolute Gasteiger partial charge is 0.300 e. The van der Waals surface area contributed by atoms with Crippen molar-refractivity contribution in [2.45, 2.75) is 46.1 Å². The first-order valence-electron chi connectivity index (χ1n) is 6.89. The summed E-state index contributed by atoms with van der Waals surface area (Å²) in [4.78, 5) is 2.44. The van der Waals surface area contributed by atoms with E-state index in [1.165, 1.54) is 6.42 Å². The summed E-state index contributed by atoms with van der Waals surface area (Å²) in [7, 11) is 0. The van der Waals surface area contributed by atoms with Gasteiger partial charge in [0.1, 0.15) is 5.54 Å². The molecule has 0 radical (unpaired) electrons. The zero-order chi connectivity index (χ0) is 12.9. The van der Waals surface area contributed by atoms with Crippen molar-refractivity contribution in [2.24, 2.45) is 11.8 Å². The lowest BCUT2D eigenvalue weighted by Crippen LogP contribution is -2.50. The van der Waals surface area contributed by atoms with Gasteiger partial charge in [-0.05, 0) is 44.7 Å². The zero-order valence-electron chi connectivity index (χ0n) is 11.8. The normalized spacial score (nSPS) is 24.8. The summed E-state index contributed by atoms with van der Waals surface area (Å²) < 4.78 is 0. The number of likely N-dealkylation sites (tertiary alicyclic amines) is 1. The molecular formula is C14H27N3. The molecule has 0 aromatic rings. The summed E-state index contributed by atoms with van der Waals surface area (Å²) in [5, 5.41) is 12.7. The number of rotatable bonds is 6. The van der Waals surface area contributed by atoms with E-state index in [1.807, 2.05) is 6.92 Å². The molecule has 1 N–H and O–H groups in total. The number of nitriles is 1. The van der Waals surface area contributed by atoms with Crippen molar-refractivity contribution in [3.63, 3.8) is 0 Å². The molecule has 0 spiro atoms.